The van der Waals surface area contributed by atoms with E-state index in [1.807, 2.05) is 0 Å². The van der Waals surface area contributed by atoms with Crippen molar-refractivity contribution in [2.75, 3.05) is 19.8 Å². The summed E-state index contributed by atoms with van der Waals surface area (Å²) in [6.45, 7) is 6.06. The van der Waals surface area contributed by atoms with E-state index in [1.165, 1.54) is 0 Å². The van der Waals surface area contributed by atoms with Gasteiger partial charge in [0.1, 0.15) is 13.2 Å². The molecule has 0 spiro atoms. The Hall–Kier alpha value is -1.10. The lowest BCUT2D eigenvalue weighted by Gasteiger charge is -2.24. The van der Waals surface area contributed by atoms with Gasteiger partial charge < -0.3 is 9.47 Å². The summed E-state index contributed by atoms with van der Waals surface area (Å²) in [5.41, 5.74) is -0.495. The summed E-state index contributed by atoms with van der Waals surface area (Å²) in [6, 6.07) is -0.0889. The number of cyclic esters (lactones) is 1. The predicted octanol–water partition coefficient (Wildman–Crippen LogP) is 0.0907. The molecular formula is C10H17NO4. The molecule has 1 saturated heterocycles. The van der Waals surface area contributed by atoms with Gasteiger partial charge >= 0.3 is 11.9 Å². The van der Waals surface area contributed by atoms with Crippen LogP contribution in [-0.4, -0.2) is 37.7 Å². The Morgan fingerprint density at radius 1 is 1.60 bits per heavy atom. The Labute approximate surface area is 89.1 Å². The van der Waals surface area contributed by atoms with Crippen LogP contribution < -0.4 is 5.32 Å². The van der Waals surface area contributed by atoms with Gasteiger partial charge in [0.25, 0.3) is 0 Å². The summed E-state index contributed by atoms with van der Waals surface area (Å²) >= 11 is 0. The van der Waals surface area contributed by atoms with Crippen LogP contribution in [0.1, 0.15) is 20.8 Å². The van der Waals surface area contributed by atoms with Crippen LogP contribution in [0.25, 0.3) is 0 Å². The summed E-state index contributed by atoms with van der Waals surface area (Å²) in [5.74, 6) is -0.519. The highest BCUT2D eigenvalue weighted by Gasteiger charge is 2.25. The highest BCUT2D eigenvalue weighted by molar-refractivity contribution is 5.75. The summed E-state index contributed by atoms with van der Waals surface area (Å²) in [6.07, 6.45) is 0. The number of ether oxygens (including phenoxy) is 2. The van der Waals surface area contributed by atoms with E-state index in [-0.39, 0.29) is 37.7 Å². The van der Waals surface area contributed by atoms with Crippen LogP contribution in [0.5, 0.6) is 0 Å². The van der Waals surface area contributed by atoms with Gasteiger partial charge in [-0.3, -0.25) is 14.9 Å². The van der Waals surface area contributed by atoms with Crippen LogP contribution in [0.2, 0.25) is 0 Å². The van der Waals surface area contributed by atoms with Crippen molar-refractivity contribution in [3.05, 3.63) is 0 Å². The molecule has 0 bridgehead atoms. The molecule has 15 heavy (non-hydrogen) atoms. The quantitative estimate of drug-likeness (QED) is 0.661. The fourth-order valence-corrected chi connectivity index (χ4v) is 1.03. The molecule has 1 heterocycles. The van der Waals surface area contributed by atoms with E-state index >= 15 is 0 Å². The lowest BCUT2D eigenvalue weighted by atomic mass is 9.97. The molecule has 5 nitrogen and oxygen atoms in total. The van der Waals surface area contributed by atoms with E-state index in [0.29, 0.717) is 0 Å². The molecule has 0 aromatic heterocycles. The number of rotatable bonds is 2. The van der Waals surface area contributed by atoms with Crippen molar-refractivity contribution in [3.8, 4) is 0 Å². The van der Waals surface area contributed by atoms with Gasteiger partial charge in [-0.2, -0.15) is 0 Å². The molecule has 0 aromatic carbocycles. The minimum absolute atomic E-state index is 0.0889. The van der Waals surface area contributed by atoms with Gasteiger partial charge in [-0.15, -0.1) is 0 Å². The maximum absolute atomic E-state index is 11.4. The number of hydrogen-bond donors (Lipinski definition) is 1. The summed E-state index contributed by atoms with van der Waals surface area (Å²) in [5, 5.41) is 2.92. The van der Waals surface area contributed by atoms with Gasteiger partial charge in [0.15, 0.2) is 0 Å². The van der Waals surface area contributed by atoms with Crippen molar-refractivity contribution in [1.29, 1.82) is 0 Å². The number of morpholine rings is 1. The largest absolute Gasteiger partial charge is 0.463 e. The standard InChI is InChI=1S/C10H17NO4/c1-10(2,3)9(13)15-6-7-5-14-8(12)4-11-7/h7,11H,4-6H2,1-3H3. The summed E-state index contributed by atoms with van der Waals surface area (Å²) < 4.78 is 9.90. The third-order valence-corrected chi connectivity index (χ3v) is 2.01. The van der Waals surface area contributed by atoms with Crippen LogP contribution in [0.15, 0.2) is 0 Å². The first-order valence-corrected chi connectivity index (χ1v) is 4.96. The fourth-order valence-electron chi connectivity index (χ4n) is 1.03. The Balaban J connectivity index is 2.26. The first-order valence-electron chi connectivity index (χ1n) is 4.96. The van der Waals surface area contributed by atoms with Crippen molar-refractivity contribution >= 4 is 11.9 Å². The second kappa shape index (κ2) is 4.61. The maximum Gasteiger partial charge on any atom is 0.319 e. The molecule has 0 amide bonds. The van der Waals surface area contributed by atoms with E-state index in [9.17, 15) is 9.59 Å². The average Bonchev–Trinajstić information content (AvgIpc) is 2.15. The fraction of sp³-hybridized carbons (Fsp3) is 0.800. The van der Waals surface area contributed by atoms with Gasteiger partial charge in [-0.05, 0) is 20.8 Å². The normalized spacial score (nSPS) is 22.1. The smallest absolute Gasteiger partial charge is 0.319 e. The molecule has 0 radical (unpaired) electrons. The number of carbonyl (C=O) groups is 2. The molecule has 0 aromatic rings. The van der Waals surface area contributed by atoms with Crippen LogP contribution in [0.3, 0.4) is 0 Å². The van der Waals surface area contributed by atoms with Crippen molar-refractivity contribution in [1.82, 2.24) is 5.32 Å². The molecule has 0 aliphatic carbocycles. The van der Waals surface area contributed by atoms with Crippen LogP contribution >= 0.6 is 0 Å². The lowest BCUT2D eigenvalue weighted by Crippen LogP contribution is -2.47. The third-order valence-electron chi connectivity index (χ3n) is 2.01. The first kappa shape index (κ1) is 12.0. The molecule has 1 fully saturated rings. The second-order valence-electron chi connectivity index (χ2n) is 4.61. The van der Waals surface area contributed by atoms with Crippen molar-refractivity contribution in [2.24, 2.45) is 5.41 Å². The third kappa shape index (κ3) is 3.87. The maximum atomic E-state index is 11.4. The van der Waals surface area contributed by atoms with Crippen molar-refractivity contribution in [2.45, 2.75) is 26.8 Å². The van der Waals surface area contributed by atoms with Gasteiger partial charge in [0.05, 0.1) is 18.0 Å². The van der Waals surface area contributed by atoms with E-state index in [4.69, 9.17) is 9.47 Å². The molecular weight excluding hydrogens is 198 g/mol. The van der Waals surface area contributed by atoms with Gasteiger partial charge in [0.2, 0.25) is 0 Å². The molecule has 1 N–H and O–H groups in total. The number of carbonyl (C=O) groups excluding carboxylic acids is 2. The molecule has 1 unspecified atom stereocenters. The molecule has 1 rings (SSSR count). The van der Waals surface area contributed by atoms with Crippen molar-refractivity contribution in [3.63, 3.8) is 0 Å². The highest BCUT2D eigenvalue weighted by Crippen LogP contribution is 2.15. The van der Waals surface area contributed by atoms with E-state index < -0.39 is 5.41 Å². The predicted molar refractivity (Wildman–Crippen MR) is 53.2 cm³/mol. The van der Waals surface area contributed by atoms with E-state index in [1.54, 1.807) is 20.8 Å². The Kier molecular flexibility index (Phi) is 3.68. The summed E-state index contributed by atoms with van der Waals surface area (Å²) in [7, 11) is 0. The first-order chi connectivity index (χ1) is 6.89. The number of esters is 2. The molecule has 5 heteroatoms. The topological polar surface area (TPSA) is 64.6 Å². The SMILES string of the molecule is CC(C)(C)C(=O)OCC1COC(=O)CN1. The van der Waals surface area contributed by atoms with Gasteiger partial charge in [-0.25, -0.2) is 0 Å². The van der Waals surface area contributed by atoms with E-state index in [0.717, 1.165) is 0 Å². The van der Waals surface area contributed by atoms with Crippen LogP contribution in [0, 0.1) is 5.41 Å². The minimum Gasteiger partial charge on any atom is -0.463 e. The molecule has 1 aliphatic heterocycles. The van der Waals surface area contributed by atoms with Crippen LogP contribution in [0.4, 0.5) is 0 Å². The van der Waals surface area contributed by atoms with Gasteiger partial charge in [-0.1, -0.05) is 0 Å². The molecule has 1 atom stereocenters. The zero-order valence-electron chi connectivity index (χ0n) is 9.33. The Morgan fingerprint density at radius 3 is 2.73 bits per heavy atom. The Morgan fingerprint density at radius 2 is 2.27 bits per heavy atom. The number of nitrogens with one attached hydrogen (secondary N) is 1. The molecule has 1 aliphatic rings. The van der Waals surface area contributed by atoms with Crippen LogP contribution in [-0.2, 0) is 19.1 Å². The minimum atomic E-state index is -0.495. The average molecular weight is 215 g/mol. The monoisotopic (exact) mass is 215 g/mol. The zero-order valence-corrected chi connectivity index (χ0v) is 9.33. The van der Waals surface area contributed by atoms with E-state index in [2.05, 4.69) is 5.32 Å². The second-order valence-corrected chi connectivity index (χ2v) is 4.61. The highest BCUT2D eigenvalue weighted by atomic mass is 16.6. The lowest BCUT2D eigenvalue weighted by molar-refractivity contribution is -0.156. The van der Waals surface area contributed by atoms with Crippen molar-refractivity contribution < 1.29 is 19.1 Å². The number of hydrogen-bond acceptors (Lipinski definition) is 5. The zero-order chi connectivity index (χ0) is 11.5. The summed E-state index contributed by atoms with van der Waals surface area (Å²) in [4.78, 5) is 22.1. The Bertz CT molecular complexity index is 247. The van der Waals surface area contributed by atoms with Gasteiger partial charge in [0, 0.05) is 0 Å². The molecule has 86 valence electrons. The molecule has 0 saturated carbocycles.